The second-order valence-corrected chi connectivity index (χ2v) is 6.66. The van der Waals surface area contributed by atoms with Crippen LogP contribution in [0.2, 0.25) is 0 Å². The van der Waals surface area contributed by atoms with Crippen LogP contribution in [0.4, 0.5) is 0 Å². The Morgan fingerprint density at radius 2 is 1.74 bits per heavy atom. The molecule has 0 bridgehead atoms. The smallest absolute Gasteiger partial charge is 0.152 e. The lowest BCUT2D eigenvalue weighted by Gasteiger charge is -2.21. The van der Waals surface area contributed by atoms with E-state index in [1.807, 2.05) is 0 Å². The second kappa shape index (κ2) is 8.47. The Kier molecular flexibility index (Phi) is 7.30. The quantitative estimate of drug-likeness (QED) is 0.443. The maximum Gasteiger partial charge on any atom is 0.152 e. The number of rotatable bonds is 10. The molecule has 0 saturated carbocycles. The van der Waals surface area contributed by atoms with E-state index in [1.54, 1.807) is 12.2 Å². The summed E-state index contributed by atoms with van der Waals surface area (Å²) in [6, 6.07) is 0. The molecule has 19 heavy (non-hydrogen) atoms. The van der Waals surface area contributed by atoms with Gasteiger partial charge < -0.3 is 14.2 Å². The molecule has 1 heterocycles. The zero-order chi connectivity index (χ0) is 14.1. The molecule has 5 nitrogen and oxygen atoms in total. The molecule has 0 aromatic carbocycles. The van der Waals surface area contributed by atoms with Gasteiger partial charge in [-0.1, -0.05) is 12.2 Å². The van der Waals surface area contributed by atoms with Crippen molar-refractivity contribution in [2.24, 2.45) is 0 Å². The summed E-state index contributed by atoms with van der Waals surface area (Å²) >= 11 is 0. The van der Waals surface area contributed by atoms with E-state index >= 15 is 0 Å². The van der Waals surface area contributed by atoms with Crippen LogP contribution in [0.3, 0.4) is 0 Å². The van der Waals surface area contributed by atoms with Gasteiger partial charge in [-0.05, 0) is 6.42 Å². The molecule has 110 valence electrons. The number of hydrogen-bond acceptors (Lipinski definition) is 5. The molecule has 0 amide bonds. The van der Waals surface area contributed by atoms with Gasteiger partial charge in [0.05, 0.1) is 44.0 Å². The lowest BCUT2D eigenvalue weighted by atomic mass is 10.3. The van der Waals surface area contributed by atoms with Crippen LogP contribution in [0.1, 0.15) is 6.42 Å². The van der Waals surface area contributed by atoms with Crippen molar-refractivity contribution in [2.45, 2.75) is 18.6 Å². The minimum atomic E-state index is -2.93. The third-order valence-corrected chi connectivity index (χ3v) is 4.39. The molecule has 0 aromatic heterocycles. The van der Waals surface area contributed by atoms with E-state index in [0.29, 0.717) is 32.8 Å². The summed E-state index contributed by atoms with van der Waals surface area (Å²) in [4.78, 5) is 0. The molecule has 1 aliphatic heterocycles. The highest BCUT2D eigenvalue weighted by atomic mass is 32.2. The van der Waals surface area contributed by atoms with Crippen molar-refractivity contribution in [1.82, 2.24) is 0 Å². The van der Waals surface area contributed by atoms with E-state index in [1.165, 1.54) is 0 Å². The monoisotopic (exact) mass is 290 g/mol. The Balaban J connectivity index is 2.38. The average molecular weight is 290 g/mol. The molecule has 1 rings (SSSR count). The minimum absolute atomic E-state index is 0.0897. The van der Waals surface area contributed by atoms with Crippen molar-refractivity contribution in [2.75, 3.05) is 37.9 Å². The van der Waals surface area contributed by atoms with E-state index in [9.17, 15) is 8.42 Å². The van der Waals surface area contributed by atoms with Gasteiger partial charge in [-0.2, -0.15) is 0 Å². The Morgan fingerprint density at radius 1 is 1.16 bits per heavy atom. The maximum atomic E-state index is 11.4. The molecule has 1 atom stereocenters. The van der Waals surface area contributed by atoms with Crippen LogP contribution in [0.25, 0.3) is 0 Å². The predicted octanol–water partition coefficient (Wildman–Crippen LogP) is 0.964. The van der Waals surface area contributed by atoms with E-state index in [-0.39, 0.29) is 23.7 Å². The molecule has 1 saturated heterocycles. The molecular formula is C13H22O5S. The third-order valence-electron chi connectivity index (χ3n) is 2.65. The fourth-order valence-electron chi connectivity index (χ4n) is 1.83. The van der Waals surface area contributed by atoms with Gasteiger partial charge in [0, 0.05) is 0 Å². The summed E-state index contributed by atoms with van der Waals surface area (Å²) in [5, 5.41) is 0. The summed E-state index contributed by atoms with van der Waals surface area (Å²) in [7, 11) is -2.93. The second-order valence-electron chi connectivity index (χ2n) is 4.44. The van der Waals surface area contributed by atoms with Crippen LogP contribution in [-0.2, 0) is 24.0 Å². The van der Waals surface area contributed by atoms with Gasteiger partial charge in [-0.15, -0.1) is 13.2 Å². The first-order valence-corrected chi connectivity index (χ1v) is 8.12. The van der Waals surface area contributed by atoms with Crippen molar-refractivity contribution in [1.29, 1.82) is 0 Å². The lowest BCUT2D eigenvalue weighted by molar-refractivity contribution is -0.0779. The summed E-state index contributed by atoms with van der Waals surface area (Å²) in [5.74, 6) is 0.290. The molecular weight excluding hydrogens is 268 g/mol. The fourth-order valence-corrected chi connectivity index (χ4v) is 3.43. The summed E-state index contributed by atoms with van der Waals surface area (Å²) < 4.78 is 39.2. The van der Waals surface area contributed by atoms with Gasteiger partial charge in [0.15, 0.2) is 9.84 Å². The summed E-state index contributed by atoms with van der Waals surface area (Å²) in [6.07, 6.45) is 3.33. The van der Waals surface area contributed by atoms with Crippen LogP contribution in [0, 0.1) is 0 Å². The van der Waals surface area contributed by atoms with Crippen LogP contribution in [-0.4, -0.2) is 58.6 Å². The SMILES string of the molecule is C=CCOCC(COCC=C)OC1CCS(=O)(=O)C1. The number of ether oxygens (including phenoxy) is 3. The largest absolute Gasteiger partial charge is 0.375 e. The molecule has 1 fully saturated rings. The molecule has 0 aromatic rings. The Hall–Kier alpha value is -0.690. The van der Waals surface area contributed by atoms with Crippen LogP contribution in [0.5, 0.6) is 0 Å². The molecule has 1 aliphatic rings. The highest BCUT2D eigenvalue weighted by Crippen LogP contribution is 2.16. The summed E-state index contributed by atoms with van der Waals surface area (Å²) in [5.41, 5.74) is 0. The third kappa shape index (κ3) is 6.87. The zero-order valence-electron chi connectivity index (χ0n) is 11.1. The van der Waals surface area contributed by atoms with Crippen LogP contribution >= 0.6 is 0 Å². The van der Waals surface area contributed by atoms with Crippen molar-refractivity contribution < 1.29 is 22.6 Å². The van der Waals surface area contributed by atoms with Gasteiger partial charge in [-0.25, -0.2) is 8.42 Å². The Labute approximate surface area is 115 Å². The van der Waals surface area contributed by atoms with Crippen LogP contribution < -0.4 is 0 Å². The highest BCUT2D eigenvalue weighted by molar-refractivity contribution is 7.91. The van der Waals surface area contributed by atoms with Crippen molar-refractivity contribution in [3.63, 3.8) is 0 Å². The number of sulfone groups is 1. The van der Waals surface area contributed by atoms with Crippen LogP contribution in [0.15, 0.2) is 25.3 Å². The first-order valence-electron chi connectivity index (χ1n) is 6.30. The van der Waals surface area contributed by atoms with E-state index in [2.05, 4.69) is 13.2 Å². The number of hydrogen-bond donors (Lipinski definition) is 0. The minimum Gasteiger partial charge on any atom is -0.375 e. The van der Waals surface area contributed by atoms with Crippen molar-refractivity contribution in [3.8, 4) is 0 Å². The Morgan fingerprint density at radius 3 is 2.16 bits per heavy atom. The van der Waals surface area contributed by atoms with E-state index in [4.69, 9.17) is 14.2 Å². The van der Waals surface area contributed by atoms with Gasteiger partial charge in [0.25, 0.3) is 0 Å². The average Bonchev–Trinajstić information content (AvgIpc) is 2.69. The predicted molar refractivity (Wildman–Crippen MR) is 74.0 cm³/mol. The van der Waals surface area contributed by atoms with E-state index in [0.717, 1.165) is 0 Å². The molecule has 0 aliphatic carbocycles. The zero-order valence-corrected chi connectivity index (χ0v) is 11.9. The summed E-state index contributed by atoms with van der Waals surface area (Å²) in [6.45, 7) is 8.72. The molecule has 0 spiro atoms. The standard InChI is InChI=1S/C13H22O5S/c1-3-6-16-9-13(10-17-7-4-2)18-12-5-8-19(14,15)11-12/h3-4,12-13H,1-2,5-11H2. The van der Waals surface area contributed by atoms with Gasteiger partial charge in [-0.3, -0.25) is 0 Å². The van der Waals surface area contributed by atoms with Crippen molar-refractivity contribution >= 4 is 9.84 Å². The lowest BCUT2D eigenvalue weighted by Crippen LogP contribution is -2.31. The molecule has 6 heteroatoms. The molecule has 0 radical (unpaired) electrons. The van der Waals surface area contributed by atoms with Gasteiger partial charge in [0.2, 0.25) is 0 Å². The maximum absolute atomic E-state index is 11.4. The van der Waals surface area contributed by atoms with Gasteiger partial charge >= 0.3 is 0 Å². The fraction of sp³-hybridized carbons (Fsp3) is 0.692. The van der Waals surface area contributed by atoms with Gasteiger partial charge in [0.1, 0.15) is 6.10 Å². The van der Waals surface area contributed by atoms with Crippen molar-refractivity contribution in [3.05, 3.63) is 25.3 Å². The molecule has 0 N–H and O–H groups in total. The normalized spacial score (nSPS) is 21.6. The first-order chi connectivity index (χ1) is 9.07. The molecule has 1 unspecified atom stereocenters. The highest BCUT2D eigenvalue weighted by Gasteiger charge is 2.30. The Bertz CT molecular complexity index is 362. The van der Waals surface area contributed by atoms with E-state index < -0.39 is 9.84 Å². The first kappa shape index (κ1) is 16.4. The topological polar surface area (TPSA) is 61.8 Å².